The first-order valence-electron chi connectivity index (χ1n) is 4.08. The monoisotopic (exact) mass is 158 g/mol. The van der Waals surface area contributed by atoms with Gasteiger partial charge in [-0.3, -0.25) is 0 Å². The lowest BCUT2D eigenvalue weighted by Crippen LogP contribution is -2.25. The van der Waals surface area contributed by atoms with Gasteiger partial charge in [-0.1, -0.05) is 13.8 Å². The second-order valence-corrected chi connectivity index (χ2v) is 2.74. The smallest absolute Gasteiger partial charge is 0.0785 e. The molecule has 66 valence electrons. The third-order valence-electron chi connectivity index (χ3n) is 2.05. The van der Waals surface area contributed by atoms with Gasteiger partial charge in [-0.15, -0.1) is 0 Å². The highest BCUT2D eigenvalue weighted by molar-refractivity contribution is 4.86. The molecule has 0 aliphatic rings. The normalized spacial score (nSPS) is 12.4. The molecule has 0 amide bonds. The lowest BCUT2D eigenvalue weighted by molar-refractivity contribution is 0.0348. The van der Waals surface area contributed by atoms with Crippen molar-refractivity contribution in [3.8, 4) is 0 Å². The van der Waals surface area contributed by atoms with Crippen LogP contribution in [0.4, 0.5) is 0 Å². The van der Waals surface area contributed by atoms with Crippen LogP contribution in [0, 0.1) is 0 Å². The zero-order valence-electron chi connectivity index (χ0n) is 7.63. The Labute approximate surface area is 68.9 Å². The third-order valence-corrected chi connectivity index (χ3v) is 2.05. The minimum atomic E-state index is -0.533. The van der Waals surface area contributed by atoms with Crippen molar-refractivity contribution in [2.24, 2.45) is 0 Å². The van der Waals surface area contributed by atoms with E-state index in [0.29, 0.717) is 6.42 Å². The molecule has 0 aromatic heterocycles. The van der Waals surface area contributed by atoms with Gasteiger partial charge in [0, 0.05) is 0 Å². The predicted molar refractivity (Wildman–Crippen MR) is 46.3 cm³/mol. The van der Waals surface area contributed by atoms with Crippen molar-refractivity contribution >= 4 is 0 Å². The summed E-state index contributed by atoms with van der Waals surface area (Å²) >= 11 is 0. The summed E-state index contributed by atoms with van der Waals surface area (Å²) in [6, 6.07) is 0. The van der Waals surface area contributed by atoms with Crippen LogP contribution in [0.15, 0.2) is 12.3 Å². The topological polar surface area (TPSA) is 29.5 Å². The molecule has 0 spiro atoms. The molecule has 0 aliphatic heterocycles. The minimum absolute atomic E-state index is 0.533. The molecule has 2 heteroatoms. The summed E-state index contributed by atoms with van der Waals surface area (Å²) in [7, 11) is 1.60. The first kappa shape index (κ1) is 10.5. The number of aliphatic hydroxyl groups is 1. The average molecular weight is 158 g/mol. The average Bonchev–Trinajstić information content (AvgIpc) is 2.05. The Bertz CT molecular complexity index is 115. The zero-order chi connectivity index (χ0) is 8.74. The predicted octanol–water partition coefficient (Wildman–Crippen LogP) is 2.09. The van der Waals surface area contributed by atoms with Gasteiger partial charge in [0.1, 0.15) is 0 Å². The fraction of sp³-hybridized carbons (Fsp3) is 0.778. The van der Waals surface area contributed by atoms with Crippen LogP contribution in [0.25, 0.3) is 0 Å². The molecule has 0 atom stereocenters. The van der Waals surface area contributed by atoms with Crippen LogP contribution in [0.5, 0.6) is 0 Å². The first-order valence-corrected chi connectivity index (χ1v) is 4.08. The zero-order valence-corrected chi connectivity index (χ0v) is 7.63. The Morgan fingerprint density at radius 2 is 1.91 bits per heavy atom. The molecular formula is C9H18O2. The molecule has 0 saturated carbocycles. The van der Waals surface area contributed by atoms with E-state index in [9.17, 15) is 5.11 Å². The van der Waals surface area contributed by atoms with Crippen molar-refractivity contribution in [2.75, 3.05) is 7.11 Å². The molecule has 11 heavy (non-hydrogen) atoms. The summed E-state index contributed by atoms with van der Waals surface area (Å²) in [5.74, 6) is 0. The summed E-state index contributed by atoms with van der Waals surface area (Å²) in [6.45, 7) is 3.98. The van der Waals surface area contributed by atoms with Gasteiger partial charge < -0.3 is 9.84 Å². The van der Waals surface area contributed by atoms with E-state index in [0.717, 1.165) is 12.8 Å². The molecule has 0 bridgehead atoms. The summed E-state index contributed by atoms with van der Waals surface area (Å²) in [5.41, 5.74) is -0.533. The van der Waals surface area contributed by atoms with Crippen molar-refractivity contribution in [3.05, 3.63) is 12.3 Å². The van der Waals surface area contributed by atoms with Gasteiger partial charge in [0.05, 0.1) is 19.0 Å². The van der Waals surface area contributed by atoms with E-state index >= 15 is 0 Å². The van der Waals surface area contributed by atoms with Crippen molar-refractivity contribution < 1.29 is 9.84 Å². The highest BCUT2D eigenvalue weighted by Gasteiger charge is 2.19. The molecule has 0 fully saturated rings. The quantitative estimate of drug-likeness (QED) is 0.621. The van der Waals surface area contributed by atoms with Crippen LogP contribution in [0.3, 0.4) is 0 Å². The van der Waals surface area contributed by atoms with Crippen molar-refractivity contribution in [3.63, 3.8) is 0 Å². The van der Waals surface area contributed by atoms with Gasteiger partial charge in [0.25, 0.3) is 0 Å². The minimum Gasteiger partial charge on any atom is -0.505 e. The van der Waals surface area contributed by atoms with Crippen LogP contribution in [0.1, 0.15) is 33.1 Å². The molecule has 0 aromatic rings. The number of hydrogen-bond acceptors (Lipinski definition) is 2. The Balaban J connectivity index is 3.77. The summed E-state index contributed by atoms with van der Waals surface area (Å²) in [6.07, 6.45) is 5.71. The number of rotatable bonds is 5. The molecule has 0 radical (unpaired) electrons. The summed E-state index contributed by atoms with van der Waals surface area (Å²) < 4.78 is 4.73. The maximum absolute atomic E-state index is 9.75. The van der Waals surface area contributed by atoms with E-state index in [2.05, 4.69) is 0 Å². The van der Waals surface area contributed by atoms with Crippen LogP contribution >= 0.6 is 0 Å². The number of hydrogen-bond donors (Lipinski definition) is 1. The van der Waals surface area contributed by atoms with Gasteiger partial charge in [0.2, 0.25) is 0 Å². The van der Waals surface area contributed by atoms with Gasteiger partial charge in [-0.25, -0.2) is 0 Å². The number of ether oxygens (including phenoxy) is 1. The van der Waals surface area contributed by atoms with E-state index in [1.807, 2.05) is 19.9 Å². The van der Waals surface area contributed by atoms with Gasteiger partial charge in [0.15, 0.2) is 0 Å². The fourth-order valence-electron chi connectivity index (χ4n) is 0.902. The molecular weight excluding hydrogens is 140 g/mol. The molecule has 1 N–H and O–H groups in total. The molecule has 0 unspecified atom stereocenters. The van der Waals surface area contributed by atoms with E-state index < -0.39 is 5.60 Å². The Morgan fingerprint density at radius 1 is 1.36 bits per heavy atom. The van der Waals surface area contributed by atoms with E-state index in [1.165, 1.54) is 0 Å². The highest BCUT2D eigenvalue weighted by Crippen LogP contribution is 2.19. The third kappa shape index (κ3) is 4.04. The van der Waals surface area contributed by atoms with Crippen molar-refractivity contribution in [1.29, 1.82) is 0 Å². The lowest BCUT2D eigenvalue weighted by atomic mass is 9.94. The van der Waals surface area contributed by atoms with Crippen LogP contribution in [-0.4, -0.2) is 17.8 Å². The summed E-state index contributed by atoms with van der Waals surface area (Å²) in [4.78, 5) is 0. The van der Waals surface area contributed by atoms with Crippen molar-refractivity contribution in [2.45, 2.75) is 38.7 Å². The van der Waals surface area contributed by atoms with Crippen molar-refractivity contribution in [1.82, 2.24) is 0 Å². The van der Waals surface area contributed by atoms with Crippen LogP contribution in [-0.2, 0) is 4.74 Å². The van der Waals surface area contributed by atoms with E-state index in [4.69, 9.17) is 4.74 Å². The van der Waals surface area contributed by atoms with E-state index in [-0.39, 0.29) is 0 Å². The Hall–Kier alpha value is -0.500. The van der Waals surface area contributed by atoms with Gasteiger partial charge in [-0.05, 0) is 25.3 Å². The number of methoxy groups -OCH3 is 1. The maximum atomic E-state index is 9.75. The van der Waals surface area contributed by atoms with Gasteiger partial charge in [-0.2, -0.15) is 0 Å². The molecule has 0 saturated heterocycles. The second kappa shape index (κ2) is 5.19. The maximum Gasteiger partial charge on any atom is 0.0785 e. The van der Waals surface area contributed by atoms with Gasteiger partial charge >= 0.3 is 0 Å². The summed E-state index contributed by atoms with van der Waals surface area (Å²) in [5, 5.41) is 9.75. The molecule has 0 heterocycles. The largest absolute Gasteiger partial charge is 0.505 e. The molecule has 0 rings (SSSR count). The highest BCUT2D eigenvalue weighted by atomic mass is 16.5. The Morgan fingerprint density at radius 3 is 2.27 bits per heavy atom. The second-order valence-electron chi connectivity index (χ2n) is 2.74. The van der Waals surface area contributed by atoms with Crippen LogP contribution in [0.2, 0.25) is 0 Å². The fourth-order valence-corrected chi connectivity index (χ4v) is 0.902. The molecule has 0 aromatic carbocycles. The molecule has 0 aliphatic carbocycles. The molecule has 2 nitrogen and oxygen atoms in total. The standard InChI is InChI=1S/C9H18O2/c1-4-9(10,5-2)7-6-8-11-3/h6,8,10H,4-5,7H2,1-3H3/b8-6+. The lowest BCUT2D eigenvalue weighted by Gasteiger charge is -2.22. The Kier molecular flexibility index (Phi) is 4.95. The SMILES string of the molecule is CCC(O)(CC)C/C=C/OC. The van der Waals surface area contributed by atoms with Crippen LogP contribution < -0.4 is 0 Å². The van der Waals surface area contributed by atoms with E-state index in [1.54, 1.807) is 13.4 Å². The first-order chi connectivity index (χ1) is 5.18.